The van der Waals surface area contributed by atoms with Crippen LogP contribution in [0.3, 0.4) is 0 Å². The average molecular weight is 521 g/mol. The molecule has 3 heterocycles. The second-order valence-corrected chi connectivity index (χ2v) is 12.8. The van der Waals surface area contributed by atoms with Crippen LogP contribution in [0.1, 0.15) is 68.5 Å². The van der Waals surface area contributed by atoms with E-state index in [9.17, 15) is 17.6 Å². The van der Waals surface area contributed by atoms with Crippen LogP contribution in [-0.4, -0.2) is 72.4 Å². The number of nitrogens with zero attached hydrogens (tertiary/aromatic N) is 3. The van der Waals surface area contributed by atoms with E-state index in [-0.39, 0.29) is 30.9 Å². The number of rotatable bonds is 7. The van der Waals surface area contributed by atoms with E-state index in [2.05, 4.69) is 32.4 Å². The lowest BCUT2D eigenvalue weighted by Crippen LogP contribution is -2.58. The number of imidazole rings is 1. The standard InChI is InChI=1S/C26H37FN4O4S/c1-18-24-9-6-20(14-31(24)17-28-18)19-4-7-22(8-5-19)35-16-21-15-30(25(32)26(27)11-3-12-26)13-10-23(21)29-36(2,33)34/h6,9,14,17,19,21-23,29H,3-5,7-8,10-13,15-16H2,1-2H3/t19?,21-,22?,23-/m0/s1. The molecule has 36 heavy (non-hydrogen) atoms. The van der Waals surface area contributed by atoms with E-state index >= 15 is 0 Å². The van der Waals surface area contributed by atoms with Crippen molar-refractivity contribution in [3.05, 3.63) is 35.9 Å². The number of carbonyl (C=O) groups excluding carboxylic acids is 1. The monoisotopic (exact) mass is 520 g/mol. The van der Waals surface area contributed by atoms with Gasteiger partial charge >= 0.3 is 0 Å². The van der Waals surface area contributed by atoms with Gasteiger partial charge in [0.2, 0.25) is 10.0 Å². The smallest absolute Gasteiger partial charge is 0.260 e. The van der Waals surface area contributed by atoms with E-state index in [0.717, 1.165) is 49.6 Å². The van der Waals surface area contributed by atoms with Crippen LogP contribution < -0.4 is 4.72 Å². The minimum absolute atomic E-state index is 0.101. The highest BCUT2D eigenvalue weighted by molar-refractivity contribution is 7.88. The van der Waals surface area contributed by atoms with Crippen molar-refractivity contribution in [1.82, 2.24) is 19.0 Å². The lowest BCUT2D eigenvalue weighted by molar-refractivity contribution is -0.153. The maximum absolute atomic E-state index is 14.8. The molecule has 2 aromatic rings. The van der Waals surface area contributed by atoms with Gasteiger partial charge in [-0.1, -0.05) is 6.07 Å². The Morgan fingerprint density at radius 1 is 1.22 bits per heavy atom. The Kier molecular flexibility index (Phi) is 7.13. The zero-order chi connectivity index (χ0) is 25.5. The van der Waals surface area contributed by atoms with Gasteiger partial charge in [0.15, 0.2) is 5.67 Å². The zero-order valence-corrected chi connectivity index (χ0v) is 22.0. The number of piperidine rings is 1. The van der Waals surface area contributed by atoms with E-state index in [1.165, 1.54) is 5.56 Å². The lowest BCUT2D eigenvalue weighted by atomic mass is 9.80. The molecule has 2 atom stereocenters. The van der Waals surface area contributed by atoms with E-state index in [0.29, 0.717) is 32.0 Å². The van der Waals surface area contributed by atoms with Crippen LogP contribution in [-0.2, 0) is 19.6 Å². The van der Waals surface area contributed by atoms with Crippen molar-refractivity contribution in [2.24, 2.45) is 5.92 Å². The van der Waals surface area contributed by atoms with Crippen molar-refractivity contribution in [2.45, 2.75) is 82.0 Å². The van der Waals surface area contributed by atoms with Gasteiger partial charge in [-0.2, -0.15) is 0 Å². The van der Waals surface area contributed by atoms with Gasteiger partial charge in [-0.3, -0.25) is 4.79 Å². The summed E-state index contributed by atoms with van der Waals surface area (Å²) in [6, 6.07) is 4.02. The van der Waals surface area contributed by atoms with Gasteiger partial charge in [0.1, 0.15) is 0 Å². The predicted octanol–water partition coefficient (Wildman–Crippen LogP) is 3.34. The van der Waals surface area contributed by atoms with Crippen LogP contribution >= 0.6 is 0 Å². The molecular weight excluding hydrogens is 483 g/mol. The number of ether oxygens (including phenoxy) is 1. The summed E-state index contributed by atoms with van der Waals surface area (Å²) in [5.74, 6) is -0.171. The minimum Gasteiger partial charge on any atom is -0.378 e. The Morgan fingerprint density at radius 2 is 1.97 bits per heavy atom. The van der Waals surface area contributed by atoms with E-state index in [1.54, 1.807) is 4.90 Å². The summed E-state index contributed by atoms with van der Waals surface area (Å²) in [4.78, 5) is 18.7. The molecule has 5 rings (SSSR count). The van der Waals surface area contributed by atoms with Crippen LogP contribution in [0, 0.1) is 12.8 Å². The lowest BCUT2D eigenvalue weighted by Gasteiger charge is -2.43. The number of fused-ring (bicyclic) bond motifs is 1. The van der Waals surface area contributed by atoms with Gasteiger partial charge in [-0.05, 0) is 75.8 Å². The number of pyridine rings is 1. The molecule has 8 nitrogen and oxygen atoms in total. The molecule has 198 valence electrons. The second kappa shape index (κ2) is 10.0. The van der Waals surface area contributed by atoms with Crippen molar-refractivity contribution in [3.63, 3.8) is 0 Å². The van der Waals surface area contributed by atoms with Gasteiger partial charge in [-0.15, -0.1) is 0 Å². The summed E-state index contributed by atoms with van der Waals surface area (Å²) in [6.45, 7) is 3.04. The summed E-state index contributed by atoms with van der Waals surface area (Å²) < 4.78 is 49.8. The summed E-state index contributed by atoms with van der Waals surface area (Å²) in [7, 11) is -3.40. The van der Waals surface area contributed by atoms with Crippen LogP contribution in [0.25, 0.3) is 5.52 Å². The first-order valence-electron chi connectivity index (χ1n) is 13.1. The van der Waals surface area contributed by atoms with Gasteiger partial charge in [0, 0.05) is 31.2 Å². The van der Waals surface area contributed by atoms with Crippen molar-refractivity contribution in [3.8, 4) is 0 Å². The maximum atomic E-state index is 14.8. The normalized spacial score (nSPS) is 28.7. The van der Waals surface area contributed by atoms with Gasteiger partial charge < -0.3 is 14.0 Å². The average Bonchev–Trinajstić information content (AvgIpc) is 3.21. The highest BCUT2D eigenvalue weighted by Gasteiger charge is 2.48. The molecule has 1 saturated heterocycles. The summed E-state index contributed by atoms with van der Waals surface area (Å²) in [6.07, 6.45) is 11.0. The molecule has 0 aromatic carbocycles. The SMILES string of the molecule is Cc1ncn2cc(C3CCC(OC[C@@H]4CN(C(=O)C5(F)CCC5)CC[C@@H]4NS(C)(=O)=O)CC3)ccc12. The Hall–Kier alpha value is -2.04. The van der Waals surface area contributed by atoms with Gasteiger partial charge in [0.05, 0.1) is 36.5 Å². The van der Waals surface area contributed by atoms with E-state index < -0.39 is 21.6 Å². The van der Waals surface area contributed by atoms with Crippen LogP contribution in [0.15, 0.2) is 24.7 Å². The van der Waals surface area contributed by atoms with Crippen LogP contribution in [0.2, 0.25) is 0 Å². The third kappa shape index (κ3) is 5.45. The molecular formula is C26H37FN4O4S. The summed E-state index contributed by atoms with van der Waals surface area (Å²) in [5.41, 5.74) is 1.73. The summed E-state index contributed by atoms with van der Waals surface area (Å²) in [5, 5.41) is 0. The molecule has 1 amide bonds. The Balaban J connectivity index is 1.17. The number of halogens is 1. The molecule has 2 aliphatic carbocycles. The molecule has 3 aliphatic rings. The Labute approximate surface area is 212 Å². The number of aromatic nitrogens is 2. The molecule has 10 heteroatoms. The van der Waals surface area contributed by atoms with E-state index in [4.69, 9.17) is 4.74 Å². The van der Waals surface area contributed by atoms with Crippen molar-refractivity contribution >= 4 is 21.4 Å². The number of aryl methyl sites for hydroxylation is 1. The Morgan fingerprint density at radius 3 is 2.64 bits per heavy atom. The zero-order valence-electron chi connectivity index (χ0n) is 21.2. The molecule has 2 aromatic heterocycles. The number of hydrogen-bond donors (Lipinski definition) is 1. The molecule has 0 unspecified atom stereocenters. The molecule has 0 radical (unpaired) electrons. The Bertz CT molecular complexity index is 1200. The van der Waals surface area contributed by atoms with Gasteiger partial charge in [-0.25, -0.2) is 22.5 Å². The van der Waals surface area contributed by atoms with Crippen LogP contribution in [0.4, 0.5) is 4.39 Å². The summed E-state index contributed by atoms with van der Waals surface area (Å²) >= 11 is 0. The number of hydrogen-bond acceptors (Lipinski definition) is 5. The fourth-order valence-corrected chi connectivity index (χ4v) is 6.88. The number of likely N-dealkylation sites (tertiary alicyclic amines) is 1. The number of sulfonamides is 1. The van der Waals surface area contributed by atoms with Gasteiger partial charge in [0.25, 0.3) is 5.91 Å². The molecule has 2 saturated carbocycles. The highest BCUT2D eigenvalue weighted by atomic mass is 32.2. The number of alkyl halides is 1. The van der Waals surface area contributed by atoms with Crippen molar-refractivity contribution < 1.29 is 22.3 Å². The fourth-order valence-electron chi connectivity index (χ4n) is 6.02. The molecule has 1 aliphatic heterocycles. The number of amides is 1. The molecule has 0 bridgehead atoms. The second-order valence-electron chi connectivity index (χ2n) is 11.0. The molecule has 1 N–H and O–H groups in total. The third-order valence-corrected chi connectivity index (χ3v) is 9.08. The largest absolute Gasteiger partial charge is 0.378 e. The molecule has 0 spiro atoms. The first kappa shape index (κ1) is 25.6. The van der Waals surface area contributed by atoms with Crippen LogP contribution in [0.5, 0.6) is 0 Å². The number of nitrogens with one attached hydrogen (secondary N) is 1. The maximum Gasteiger partial charge on any atom is 0.260 e. The first-order chi connectivity index (χ1) is 17.1. The highest BCUT2D eigenvalue weighted by Crippen LogP contribution is 2.39. The fraction of sp³-hybridized carbons (Fsp3) is 0.692. The van der Waals surface area contributed by atoms with Crippen molar-refractivity contribution in [1.29, 1.82) is 0 Å². The molecule has 3 fully saturated rings. The van der Waals surface area contributed by atoms with Crippen molar-refractivity contribution in [2.75, 3.05) is 26.0 Å². The third-order valence-electron chi connectivity index (χ3n) is 8.35. The predicted molar refractivity (Wildman–Crippen MR) is 135 cm³/mol. The van der Waals surface area contributed by atoms with E-state index in [1.807, 2.05) is 13.3 Å². The topological polar surface area (TPSA) is 93.0 Å². The number of carbonyl (C=O) groups is 1. The quantitative estimate of drug-likeness (QED) is 0.605. The minimum atomic E-state index is -3.40. The first-order valence-corrected chi connectivity index (χ1v) is 15.0.